The molecule has 98 valence electrons. The van der Waals surface area contributed by atoms with Crippen LogP contribution in [-0.4, -0.2) is 12.6 Å². The van der Waals surface area contributed by atoms with Crippen molar-refractivity contribution in [1.82, 2.24) is 0 Å². The highest BCUT2D eigenvalue weighted by atomic mass is 16.5. The number of rotatable bonds is 3. The molecule has 3 unspecified atom stereocenters. The molecule has 0 radical (unpaired) electrons. The summed E-state index contributed by atoms with van der Waals surface area (Å²) in [4.78, 5) is 12.3. The van der Waals surface area contributed by atoms with Gasteiger partial charge < -0.3 is 4.74 Å². The SMILES string of the molecule is O=C(OCC12C3C4C5C3C1C5C42)C1CC2C=CC1C2. The summed E-state index contributed by atoms with van der Waals surface area (Å²) in [5, 5.41) is 0. The summed E-state index contributed by atoms with van der Waals surface area (Å²) in [5.41, 5.74) is 0.540. The van der Waals surface area contributed by atoms with Gasteiger partial charge in [-0.2, -0.15) is 0 Å². The van der Waals surface area contributed by atoms with Gasteiger partial charge in [0, 0.05) is 5.41 Å². The number of allylic oxidation sites excluding steroid dienone is 2. The first kappa shape index (κ1) is 9.20. The number of hydrogen-bond donors (Lipinski definition) is 0. The van der Waals surface area contributed by atoms with E-state index in [2.05, 4.69) is 12.2 Å². The van der Waals surface area contributed by atoms with E-state index >= 15 is 0 Å². The van der Waals surface area contributed by atoms with E-state index in [-0.39, 0.29) is 11.9 Å². The smallest absolute Gasteiger partial charge is 0.309 e. The number of fused-ring (bicyclic) bond motifs is 2. The summed E-state index contributed by atoms with van der Waals surface area (Å²) in [7, 11) is 0. The van der Waals surface area contributed by atoms with Crippen LogP contribution in [0.1, 0.15) is 12.8 Å². The minimum Gasteiger partial charge on any atom is -0.465 e. The maximum Gasteiger partial charge on any atom is 0.309 e. The molecule has 2 heteroatoms. The Hall–Kier alpha value is -0.790. The van der Waals surface area contributed by atoms with Gasteiger partial charge in [0.1, 0.15) is 0 Å². The maximum atomic E-state index is 12.3. The second-order valence-corrected chi connectivity index (χ2v) is 8.49. The maximum absolute atomic E-state index is 12.3. The van der Waals surface area contributed by atoms with E-state index < -0.39 is 0 Å². The van der Waals surface area contributed by atoms with Crippen molar-refractivity contribution in [3.63, 3.8) is 0 Å². The highest BCUT2D eigenvalue weighted by molar-refractivity contribution is 5.74. The van der Waals surface area contributed by atoms with Gasteiger partial charge in [0.05, 0.1) is 12.5 Å². The van der Waals surface area contributed by atoms with Gasteiger partial charge in [-0.1, -0.05) is 12.2 Å². The molecule has 0 aromatic carbocycles. The van der Waals surface area contributed by atoms with Gasteiger partial charge in [-0.05, 0) is 66.1 Å². The molecule has 0 saturated heterocycles. The molecule has 2 nitrogen and oxygen atoms in total. The van der Waals surface area contributed by atoms with Crippen LogP contribution in [0.3, 0.4) is 0 Å². The molecule has 7 fully saturated rings. The molecule has 8 aliphatic carbocycles. The lowest BCUT2D eigenvalue weighted by molar-refractivity contribution is -0.617. The van der Waals surface area contributed by atoms with Crippen LogP contribution < -0.4 is 0 Å². The average Bonchev–Trinajstić information content (AvgIpc) is 3.08. The fraction of sp³-hybridized carbons (Fsp3) is 0.824. The zero-order valence-corrected chi connectivity index (χ0v) is 10.9. The molecule has 0 N–H and O–H groups in total. The van der Waals surface area contributed by atoms with Crippen LogP contribution in [0, 0.1) is 64.6 Å². The second-order valence-electron chi connectivity index (χ2n) is 8.49. The Morgan fingerprint density at radius 2 is 1.79 bits per heavy atom. The Morgan fingerprint density at radius 1 is 1.05 bits per heavy atom. The Balaban J connectivity index is 1.08. The van der Waals surface area contributed by atoms with E-state index in [4.69, 9.17) is 4.74 Å². The van der Waals surface area contributed by atoms with Crippen LogP contribution >= 0.6 is 0 Å². The van der Waals surface area contributed by atoms with E-state index in [1.807, 2.05) is 0 Å². The third-order valence-electron chi connectivity index (χ3n) is 8.73. The molecule has 2 bridgehead atoms. The van der Waals surface area contributed by atoms with Gasteiger partial charge in [0.15, 0.2) is 0 Å². The van der Waals surface area contributed by atoms with Crippen molar-refractivity contribution in [2.45, 2.75) is 12.8 Å². The van der Waals surface area contributed by atoms with Crippen molar-refractivity contribution in [3.8, 4) is 0 Å². The minimum atomic E-state index is 0.130. The molecule has 0 aromatic heterocycles. The molecule has 0 aliphatic heterocycles. The van der Waals surface area contributed by atoms with Crippen LogP contribution in [0.15, 0.2) is 12.2 Å². The highest BCUT2D eigenvalue weighted by Gasteiger charge is 3.04. The van der Waals surface area contributed by atoms with Crippen molar-refractivity contribution in [3.05, 3.63) is 12.2 Å². The summed E-state index contributed by atoms with van der Waals surface area (Å²) in [5.74, 6) is 8.98. The van der Waals surface area contributed by atoms with Crippen LogP contribution in [-0.2, 0) is 9.53 Å². The first-order chi connectivity index (χ1) is 9.32. The molecule has 3 atom stereocenters. The predicted octanol–water partition coefficient (Wildman–Crippen LogP) is 2.11. The minimum absolute atomic E-state index is 0.130. The summed E-state index contributed by atoms with van der Waals surface area (Å²) in [6, 6.07) is 0. The molecular weight excluding hydrogens is 236 g/mol. The Morgan fingerprint density at radius 3 is 2.37 bits per heavy atom. The number of esters is 1. The summed E-state index contributed by atoms with van der Waals surface area (Å²) in [6.07, 6.45) is 6.81. The number of carbonyl (C=O) groups is 1. The molecule has 8 rings (SSSR count). The summed E-state index contributed by atoms with van der Waals surface area (Å²) in [6.45, 7) is 0.791. The van der Waals surface area contributed by atoms with Gasteiger partial charge in [0.2, 0.25) is 0 Å². The normalized spacial score (nSPS) is 73.3. The largest absolute Gasteiger partial charge is 0.465 e. The van der Waals surface area contributed by atoms with Crippen LogP contribution in [0.25, 0.3) is 0 Å². The lowest BCUT2D eigenvalue weighted by Crippen LogP contribution is -3.06. The molecule has 0 heterocycles. The fourth-order valence-electron chi connectivity index (χ4n) is 8.31. The van der Waals surface area contributed by atoms with E-state index in [0.717, 1.165) is 54.5 Å². The number of ether oxygens (including phenoxy) is 1. The van der Waals surface area contributed by atoms with E-state index in [1.165, 1.54) is 6.42 Å². The lowest BCUT2D eigenvalue weighted by Gasteiger charge is -3.07. The van der Waals surface area contributed by atoms with Gasteiger partial charge in [-0.25, -0.2) is 0 Å². The molecule has 0 amide bonds. The molecule has 0 spiro atoms. The molecule has 19 heavy (non-hydrogen) atoms. The van der Waals surface area contributed by atoms with Crippen LogP contribution in [0.5, 0.6) is 0 Å². The lowest BCUT2D eigenvalue weighted by atomic mass is 8.97. The zero-order valence-electron chi connectivity index (χ0n) is 10.9. The first-order valence-corrected chi connectivity index (χ1v) is 8.17. The quantitative estimate of drug-likeness (QED) is 0.569. The van der Waals surface area contributed by atoms with E-state index in [0.29, 0.717) is 17.3 Å². The Kier molecular flexibility index (Phi) is 1.12. The fourth-order valence-corrected chi connectivity index (χ4v) is 8.31. The third kappa shape index (κ3) is 0.619. The molecule has 0 aromatic rings. The molecule has 8 aliphatic rings. The monoisotopic (exact) mass is 254 g/mol. The van der Waals surface area contributed by atoms with Gasteiger partial charge in [-0.15, -0.1) is 0 Å². The van der Waals surface area contributed by atoms with Gasteiger partial charge >= 0.3 is 5.97 Å². The van der Waals surface area contributed by atoms with E-state index in [9.17, 15) is 4.79 Å². The predicted molar refractivity (Wildman–Crippen MR) is 66.7 cm³/mol. The first-order valence-electron chi connectivity index (χ1n) is 8.17. The number of hydrogen-bond acceptors (Lipinski definition) is 2. The van der Waals surface area contributed by atoms with Crippen molar-refractivity contribution in [1.29, 1.82) is 0 Å². The van der Waals surface area contributed by atoms with Crippen LogP contribution in [0.4, 0.5) is 0 Å². The summed E-state index contributed by atoms with van der Waals surface area (Å²) >= 11 is 0. The van der Waals surface area contributed by atoms with Crippen molar-refractivity contribution in [2.75, 3.05) is 6.61 Å². The van der Waals surface area contributed by atoms with Gasteiger partial charge in [0.25, 0.3) is 0 Å². The molecular formula is C17H18O2. The Labute approximate surface area is 112 Å². The zero-order chi connectivity index (χ0) is 12.1. The Bertz CT molecular complexity index is 525. The standard InChI is InChI=1S/C17H18O2/c18-16(8-4-6-1-2-7(8)3-6)19-5-17-13-10-9-11(13)15(17)12(9)14(10)17/h1-2,6-15H,3-5H2. The van der Waals surface area contributed by atoms with Gasteiger partial charge in [-0.3, -0.25) is 4.79 Å². The topological polar surface area (TPSA) is 26.3 Å². The number of carbonyl (C=O) groups excluding carboxylic acids is 1. The third-order valence-corrected chi connectivity index (χ3v) is 8.73. The van der Waals surface area contributed by atoms with Crippen molar-refractivity contribution in [2.24, 2.45) is 64.6 Å². The second kappa shape index (κ2) is 2.31. The highest BCUT2D eigenvalue weighted by Crippen LogP contribution is 3.05. The molecule has 7 saturated carbocycles. The van der Waals surface area contributed by atoms with E-state index in [1.54, 1.807) is 0 Å². The summed E-state index contributed by atoms with van der Waals surface area (Å²) < 4.78 is 5.82. The average molecular weight is 254 g/mol. The van der Waals surface area contributed by atoms with Crippen molar-refractivity contribution < 1.29 is 9.53 Å². The van der Waals surface area contributed by atoms with Crippen LogP contribution in [0.2, 0.25) is 0 Å². The van der Waals surface area contributed by atoms with Crippen molar-refractivity contribution >= 4 is 5.97 Å².